The average molecular weight is 385 g/mol. The van der Waals surface area contributed by atoms with E-state index in [1.54, 1.807) is 17.0 Å². The van der Waals surface area contributed by atoms with Crippen molar-refractivity contribution in [1.29, 1.82) is 0 Å². The fourth-order valence-corrected chi connectivity index (χ4v) is 4.17. The highest BCUT2D eigenvalue weighted by Gasteiger charge is 2.22. The van der Waals surface area contributed by atoms with Crippen molar-refractivity contribution in [2.24, 2.45) is 0 Å². The molecule has 0 saturated carbocycles. The second kappa shape index (κ2) is 9.29. The van der Waals surface area contributed by atoms with Gasteiger partial charge >= 0.3 is 0 Å². The highest BCUT2D eigenvalue weighted by atomic mass is 32.2. The Morgan fingerprint density at radius 2 is 2.00 bits per heavy atom. The molecule has 0 aromatic carbocycles. The van der Waals surface area contributed by atoms with Crippen LogP contribution < -0.4 is 9.62 Å². The van der Waals surface area contributed by atoms with Crippen LogP contribution in [0, 0.1) is 0 Å². The van der Waals surface area contributed by atoms with Gasteiger partial charge in [-0.2, -0.15) is 0 Å². The van der Waals surface area contributed by atoms with Crippen LogP contribution in [0.4, 0.5) is 5.82 Å². The van der Waals surface area contributed by atoms with Gasteiger partial charge in [0.15, 0.2) is 0 Å². The predicted octanol–water partition coefficient (Wildman–Crippen LogP) is 0.844. The molecule has 8 nitrogen and oxygen atoms in total. The first-order valence-corrected chi connectivity index (χ1v) is 10.4. The molecule has 1 aromatic heterocycles. The van der Waals surface area contributed by atoms with Crippen LogP contribution in [0.1, 0.15) is 26.7 Å². The Morgan fingerprint density at radius 1 is 1.31 bits per heavy atom. The molecule has 1 fully saturated rings. The number of rotatable bonds is 8. The normalized spacial score (nSPS) is 16.6. The molecular formula is C17H28N4O4S. The Bertz CT molecular complexity index is 685. The SMILES string of the molecule is CCCC(C)NS(=O)(=O)c1ccc(N2CCN(C(=O)COC)CC2)nc1. The summed E-state index contributed by atoms with van der Waals surface area (Å²) >= 11 is 0. The number of methoxy groups -OCH3 is 1. The minimum Gasteiger partial charge on any atom is -0.375 e. The van der Waals surface area contributed by atoms with E-state index in [0.717, 1.165) is 12.8 Å². The molecule has 1 unspecified atom stereocenters. The van der Waals surface area contributed by atoms with Gasteiger partial charge in [-0.1, -0.05) is 13.3 Å². The topological polar surface area (TPSA) is 91.8 Å². The van der Waals surface area contributed by atoms with Crippen molar-refractivity contribution in [3.8, 4) is 0 Å². The number of nitrogens with zero attached hydrogens (tertiary/aromatic N) is 3. The summed E-state index contributed by atoms with van der Waals surface area (Å²) in [5, 5.41) is 0. The van der Waals surface area contributed by atoms with Crippen LogP contribution in [0.5, 0.6) is 0 Å². The van der Waals surface area contributed by atoms with E-state index >= 15 is 0 Å². The lowest BCUT2D eigenvalue weighted by Crippen LogP contribution is -2.50. The maximum Gasteiger partial charge on any atom is 0.248 e. The quantitative estimate of drug-likeness (QED) is 0.714. The van der Waals surface area contributed by atoms with Crippen molar-refractivity contribution < 1.29 is 17.9 Å². The molecule has 146 valence electrons. The molecule has 1 aliphatic heterocycles. The molecule has 1 atom stereocenters. The van der Waals surface area contributed by atoms with Gasteiger partial charge in [-0.15, -0.1) is 0 Å². The maximum absolute atomic E-state index is 12.4. The predicted molar refractivity (Wildman–Crippen MR) is 99.6 cm³/mol. The zero-order chi connectivity index (χ0) is 19.2. The van der Waals surface area contributed by atoms with Crippen molar-refractivity contribution in [3.05, 3.63) is 18.3 Å². The van der Waals surface area contributed by atoms with Crippen LogP contribution in [0.15, 0.2) is 23.2 Å². The minimum atomic E-state index is -3.55. The van der Waals surface area contributed by atoms with Crippen LogP contribution in [0.3, 0.4) is 0 Å². The van der Waals surface area contributed by atoms with E-state index in [4.69, 9.17) is 4.74 Å². The highest BCUT2D eigenvalue weighted by Crippen LogP contribution is 2.17. The summed E-state index contributed by atoms with van der Waals surface area (Å²) < 4.78 is 32.3. The molecule has 1 aliphatic rings. The number of anilines is 1. The first-order chi connectivity index (χ1) is 12.4. The lowest BCUT2D eigenvalue weighted by atomic mass is 10.2. The van der Waals surface area contributed by atoms with E-state index in [0.29, 0.717) is 32.0 Å². The minimum absolute atomic E-state index is 0.0196. The lowest BCUT2D eigenvalue weighted by Gasteiger charge is -2.35. The van der Waals surface area contributed by atoms with Crippen LogP contribution in [-0.4, -0.2) is 70.1 Å². The van der Waals surface area contributed by atoms with E-state index in [-0.39, 0.29) is 23.5 Å². The molecule has 0 bridgehead atoms. The molecule has 0 aliphatic carbocycles. The summed E-state index contributed by atoms with van der Waals surface area (Å²) in [5.74, 6) is 0.693. The third kappa shape index (κ3) is 5.39. The standard InChI is InChI=1S/C17H28N4O4S/c1-4-5-14(2)19-26(23,24)15-6-7-16(18-12-15)20-8-10-21(11-9-20)17(22)13-25-3/h6-7,12,14,19H,4-5,8-11,13H2,1-3H3. The van der Waals surface area contributed by atoms with Gasteiger partial charge in [0.05, 0.1) is 0 Å². The maximum atomic E-state index is 12.4. The molecule has 1 N–H and O–H groups in total. The van der Waals surface area contributed by atoms with Crippen molar-refractivity contribution >= 4 is 21.7 Å². The van der Waals surface area contributed by atoms with E-state index < -0.39 is 10.0 Å². The van der Waals surface area contributed by atoms with Gasteiger partial charge in [0.2, 0.25) is 15.9 Å². The Balaban J connectivity index is 1.97. The monoisotopic (exact) mass is 384 g/mol. The molecule has 9 heteroatoms. The molecule has 0 spiro atoms. The van der Waals surface area contributed by atoms with Crippen molar-refractivity contribution in [2.75, 3.05) is 44.8 Å². The number of hydrogen-bond donors (Lipinski definition) is 1. The summed E-state index contributed by atoms with van der Waals surface area (Å²) in [5.41, 5.74) is 0. The number of piperazine rings is 1. The lowest BCUT2D eigenvalue weighted by molar-refractivity contribution is -0.135. The Kier molecular flexibility index (Phi) is 7.36. The van der Waals surface area contributed by atoms with Crippen LogP contribution in [0.25, 0.3) is 0 Å². The summed E-state index contributed by atoms with van der Waals surface area (Å²) in [4.78, 5) is 20.1. The summed E-state index contributed by atoms with van der Waals surface area (Å²) in [7, 11) is -2.05. The Morgan fingerprint density at radius 3 is 2.54 bits per heavy atom. The second-order valence-corrected chi connectivity index (χ2v) is 8.18. The zero-order valence-corrected chi connectivity index (χ0v) is 16.5. The van der Waals surface area contributed by atoms with E-state index in [2.05, 4.69) is 9.71 Å². The van der Waals surface area contributed by atoms with Gasteiger partial charge in [-0.3, -0.25) is 4.79 Å². The van der Waals surface area contributed by atoms with Gasteiger partial charge in [0.25, 0.3) is 0 Å². The fraction of sp³-hybridized carbons (Fsp3) is 0.647. The molecule has 2 rings (SSSR count). The molecule has 1 aromatic rings. The first kappa shape index (κ1) is 20.6. The third-order valence-corrected chi connectivity index (χ3v) is 5.91. The number of amides is 1. The van der Waals surface area contributed by atoms with Gasteiger partial charge < -0.3 is 14.5 Å². The number of pyridine rings is 1. The van der Waals surface area contributed by atoms with Gasteiger partial charge in [0.1, 0.15) is 17.3 Å². The fourth-order valence-electron chi connectivity index (χ4n) is 2.94. The molecule has 1 saturated heterocycles. The van der Waals surface area contributed by atoms with E-state index in [1.165, 1.54) is 13.3 Å². The van der Waals surface area contributed by atoms with Crippen LogP contribution >= 0.6 is 0 Å². The number of hydrogen-bond acceptors (Lipinski definition) is 6. The van der Waals surface area contributed by atoms with Crippen LogP contribution in [0.2, 0.25) is 0 Å². The zero-order valence-electron chi connectivity index (χ0n) is 15.6. The average Bonchev–Trinajstić information content (AvgIpc) is 2.62. The summed E-state index contributed by atoms with van der Waals surface area (Å²) in [6, 6.07) is 3.18. The van der Waals surface area contributed by atoms with Gasteiger partial charge in [0, 0.05) is 45.5 Å². The van der Waals surface area contributed by atoms with Crippen molar-refractivity contribution in [1.82, 2.24) is 14.6 Å². The Labute approximate surface area is 155 Å². The number of carbonyl (C=O) groups is 1. The van der Waals surface area contributed by atoms with Crippen molar-refractivity contribution in [2.45, 2.75) is 37.6 Å². The molecule has 0 radical (unpaired) electrons. The third-order valence-electron chi connectivity index (χ3n) is 4.33. The highest BCUT2D eigenvalue weighted by molar-refractivity contribution is 7.89. The largest absolute Gasteiger partial charge is 0.375 e. The van der Waals surface area contributed by atoms with Crippen molar-refractivity contribution in [3.63, 3.8) is 0 Å². The number of sulfonamides is 1. The molecular weight excluding hydrogens is 356 g/mol. The molecule has 2 heterocycles. The van der Waals surface area contributed by atoms with Gasteiger partial charge in [-0.05, 0) is 25.5 Å². The van der Waals surface area contributed by atoms with Gasteiger partial charge in [-0.25, -0.2) is 18.1 Å². The number of nitrogens with one attached hydrogen (secondary N) is 1. The van der Waals surface area contributed by atoms with Crippen LogP contribution in [-0.2, 0) is 19.6 Å². The smallest absolute Gasteiger partial charge is 0.248 e. The first-order valence-electron chi connectivity index (χ1n) is 8.87. The molecule has 1 amide bonds. The molecule has 26 heavy (non-hydrogen) atoms. The van der Waals surface area contributed by atoms with E-state index in [1.807, 2.05) is 18.7 Å². The summed E-state index contributed by atoms with van der Waals surface area (Å²) in [6.07, 6.45) is 3.09. The summed E-state index contributed by atoms with van der Waals surface area (Å²) in [6.45, 7) is 6.46. The van der Waals surface area contributed by atoms with E-state index in [9.17, 15) is 13.2 Å². The number of aromatic nitrogens is 1. The number of carbonyl (C=O) groups excluding carboxylic acids is 1. The Hall–Kier alpha value is -1.71. The second-order valence-electron chi connectivity index (χ2n) is 6.46. The number of ether oxygens (including phenoxy) is 1.